The van der Waals surface area contributed by atoms with Crippen molar-refractivity contribution in [1.29, 1.82) is 0 Å². The Bertz CT molecular complexity index is 178. The molecule has 0 bridgehead atoms. The molecule has 3 nitrogen and oxygen atoms in total. The van der Waals surface area contributed by atoms with Crippen LogP contribution in [0, 0.1) is 0 Å². The van der Waals surface area contributed by atoms with Crippen molar-refractivity contribution in [2.24, 2.45) is 0 Å². The summed E-state index contributed by atoms with van der Waals surface area (Å²) in [4.78, 5) is 13.1. The Morgan fingerprint density at radius 3 is 2.71 bits per heavy atom. The monoisotopic (exact) mass is 199 g/mol. The molecule has 0 aromatic rings. The molecule has 0 spiro atoms. The number of hydrogen-bond acceptors (Lipinski definition) is 3. The van der Waals surface area contributed by atoms with Crippen molar-refractivity contribution in [1.82, 2.24) is 4.90 Å². The van der Waals surface area contributed by atoms with Gasteiger partial charge in [-0.05, 0) is 26.9 Å². The van der Waals surface area contributed by atoms with Gasteiger partial charge in [0.15, 0.2) is 0 Å². The molecule has 0 fully saturated rings. The van der Waals surface area contributed by atoms with E-state index in [-0.39, 0.29) is 5.97 Å². The number of rotatable bonds is 7. The van der Waals surface area contributed by atoms with Crippen LogP contribution in [0.25, 0.3) is 0 Å². The summed E-state index contributed by atoms with van der Waals surface area (Å²) in [6, 6.07) is 0. The molecule has 0 unspecified atom stereocenters. The molecule has 0 heterocycles. The van der Waals surface area contributed by atoms with E-state index in [9.17, 15) is 4.79 Å². The van der Waals surface area contributed by atoms with Crippen molar-refractivity contribution in [2.45, 2.75) is 26.7 Å². The maximum absolute atomic E-state index is 10.9. The van der Waals surface area contributed by atoms with Crippen LogP contribution >= 0.6 is 0 Å². The largest absolute Gasteiger partial charge is 0.463 e. The quantitative estimate of drug-likeness (QED) is 0.463. The summed E-state index contributed by atoms with van der Waals surface area (Å²) in [6.45, 7) is 6.29. The first kappa shape index (κ1) is 13.2. The summed E-state index contributed by atoms with van der Waals surface area (Å²) < 4.78 is 4.76. The summed E-state index contributed by atoms with van der Waals surface area (Å²) in [7, 11) is 2.05. The third-order valence-corrected chi connectivity index (χ3v) is 1.85. The van der Waals surface area contributed by atoms with E-state index >= 15 is 0 Å². The number of esters is 1. The Balaban J connectivity index is 3.54. The van der Waals surface area contributed by atoms with Crippen LogP contribution in [0.2, 0.25) is 0 Å². The lowest BCUT2D eigenvalue weighted by Gasteiger charge is -2.12. The molecular weight excluding hydrogens is 178 g/mol. The first-order valence-corrected chi connectivity index (χ1v) is 5.22. The van der Waals surface area contributed by atoms with E-state index in [1.807, 2.05) is 13.1 Å². The molecule has 0 aliphatic heterocycles. The molecule has 82 valence electrons. The van der Waals surface area contributed by atoms with Crippen LogP contribution in [0.3, 0.4) is 0 Å². The highest BCUT2D eigenvalue weighted by Gasteiger charge is 1.95. The second-order valence-electron chi connectivity index (χ2n) is 3.27. The highest BCUT2D eigenvalue weighted by atomic mass is 16.5. The zero-order valence-electron chi connectivity index (χ0n) is 9.45. The van der Waals surface area contributed by atoms with Crippen LogP contribution in [0.4, 0.5) is 0 Å². The lowest BCUT2D eigenvalue weighted by Crippen LogP contribution is -2.19. The molecule has 0 radical (unpaired) electrons. The third-order valence-electron chi connectivity index (χ3n) is 1.85. The van der Waals surface area contributed by atoms with Gasteiger partial charge >= 0.3 is 5.97 Å². The van der Waals surface area contributed by atoms with Crippen LogP contribution < -0.4 is 0 Å². The number of likely N-dealkylation sites (N-methyl/N-ethyl adjacent to an activating group) is 1. The van der Waals surface area contributed by atoms with Gasteiger partial charge in [-0.15, -0.1) is 0 Å². The van der Waals surface area contributed by atoms with E-state index in [0.29, 0.717) is 6.61 Å². The number of carbonyl (C=O) groups excluding carboxylic acids is 1. The highest BCUT2D eigenvalue weighted by Crippen LogP contribution is 1.91. The van der Waals surface area contributed by atoms with Crippen LogP contribution in [0.5, 0.6) is 0 Å². The Morgan fingerprint density at radius 2 is 2.14 bits per heavy atom. The molecule has 0 aromatic carbocycles. The van der Waals surface area contributed by atoms with Crippen molar-refractivity contribution < 1.29 is 9.53 Å². The van der Waals surface area contributed by atoms with Crippen LogP contribution in [-0.4, -0.2) is 37.6 Å². The fraction of sp³-hybridized carbons (Fsp3) is 0.727. The number of unbranched alkanes of at least 4 members (excludes halogenated alkanes) is 1. The molecular formula is C11H21NO2. The normalized spacial score (nSPS) is 11.1. The molecule has 3 heteroatoms. The van der Waals surface area contributed by atoms with Gasteiger partial charge in [-0.3, -0.25) is 0 Å². The van der Waals surface area contributed by atoms with Gasteiger partial charge in [0.1, 0.15) is 0 Å². The molecule has 0 N–H and O–H groups in total. The number of hydrogen-bond donors (Lipinski definition) is 0. The molecule has 0 aliphatic rings. The standard InChI is InChI=1S/C11H21NO2/c1-4-6-9-12(3)10-7-8-11(13)14-5-2/h7-8H,4-6,9-10H2,1-3H3/b8-7+. The minimum atomic E-state index is -0.253. The van der Waals surface area contributed by atoms with Crippen molar-refractivity contribution in [2.75, 3.05) is 26.7 Å². The smallest absolute Gasteiger partial charge is 0.330 e. The molecule has 14 heavy (non-hydrogen) atoms. The Hall–Kier alpha value is -0.830. The van der Waals surface area contributed by atoms with Gasteiger partial charge in [-0.25, -0.2) is 4.79 Å². The summed E-state index contributed by atoms with van der Waals surface area (Å²) in [5.74, 6) is -0.253. The van der Waals surface area contributed by atoms with E-state index in [0.717, 1.165) is 13.1 Å². The molecule has 0 rings (SSSR count). The van der Waals surface area contributed by atoms with Crippen LogP contribution in [-0.2, 0) is 9.53 Å². The number of nitrogens with zero attached hydrogens (tertiary/aromatic N) is 1. The van der Waals surface area contributed by atoms with E-state index in [4.69, 9.17) is 4.74 Å². The van der Waals surface area contributed by atoms with Gasteiger partial charge in [0.05, 0.1) is 6.61 Å². The first-order chi connectivity index (χ1) is 6.70. The maximum atomic E-state index is 10.9. The van der Waals surface area contributed by atoms with E-state index in [1.54, 1.807) is 6.92 Å². The number of carbonyl (C=O) groups is 1. The number of ether oxygens (including phenoxy) is 1. The van der Waals surface area contributed by atoms with Crippen molar-refractivity contribution in [3.8, 4) is 0 Å². The van der Waals surface area contributed by atoms with Crippen LogP contribution in [0.15, 0.2) is 12.2 Å². The summed E-state index contributed by atoms with van der Waals surface area (Å²) >= 11 is 0. The summed E-state index contributed by atoms with van der Waals surface area (Å²) in [6.07, 6.45) is 5.73. The van der Waals surface area contributed by atoms with E-state index in [1.165, 1.54) is 18.9 Å². The van der Waals surface area contributed by atoms with Gasteiger partial charge in [0, 0.05) is 12.6 Å². The minimum absolute atomic E-state index is 0.253. The SMILES string of the molecule is CCCCN(C)C/C=C/C(=O)OCC. The average Bonchev–Trinajstić information content (AvgIpc) is 2.15. The zero-order valence-corrected chi connectivity index (χ0v) is 9.45. The second-order valence-corrected chi connectivity index (χ2v) is 3.27. The van der Waals surface area contributed by atoms with Crippen molar-refractivity contribution in [3.63, 3.8) is 0 Å². The molecule has 0 saturated heterocycles. The second kappa shape index (κ2) is 8.75. The predicted octanol–water partition coefficient (Wildman–Crippen LogP) is 1.84. The zero-order chi connectivity index (χ0) is 10.8. The predicted molar refractivity (Wildman–Crippen MR) is 58.2 cm³/mol. The molecule has 0 saturated carbocycles. The molecule has 0 aromatic heterocycles. The Kier molecular flexibility index (Phi) is 8.24. The summed E-state index contributed by atoms with van der Waals surface area (Å²) in [5.41, 5.74) is 0. The van der Waals surface area contributed by atoms with Crippen molar-refractivity contribution >= 4 is 5.97 Å². The van der Waals surface area contributed by atoms with Gasteiger partial charge in [0.2, 0.25) is 0 Å². The summed E-state index contributed by atoms with van der Waals surface area (Å²) in [5, 5.41) is 0. The van der Waals surface area contributed by atoms with E-state index < -0.39 is 0 Å². The Labute approximate surface area is 86.7 Å². The maximum Gasteiger partial charge on any atom is 0.330 e. The fourth-order valence-electron chi connectivity index (χ4n) is 1.04. The van der Waals surface area contributed by atoms with Gasteiger partial charge < -0.3 is 9.64 Å². The van der Waals surface area contributed by atoms with Gasteiger partial charge in [0.25, 0.3) is 0 Å². The Morgan fingerprint density at radius 1 is 1.43 bits per heavy atom. The first-order valence-electron chi connectivity index (χ1n) is 5.22. The van der Waals surface area contributed by atoms with E-state index in [2.05, 4.69) is 11.8 Å². The van der Waals surface area contributed by atoms with Crippen LogP contribution in [0.1, 0.15) is 26.7 Å². The topological polar surface area (TPSA) is 29.5 Å². The molecule has 0 atom stereocenters. The minimum Gasteiger partial charge on any atom is -0.463 e. The molecule has 0 aliphatic carbocycles. The third kappa shape index (κ3) is 7.80. The van der Waals surface area contributed by atoms with Gasteiger partial charge in [-0.1, -0.05) is 19.4 Å². The average molecular weight is 199 g/mol. The van der Waals surface area contributed by atoms with Gasteiger partial charge in [-0.2, -0.15) is 0 Å². The lowest BCUT2D eigenvalue weighted by molar-refractivity contribution is -0.137. The molecule has 0 amide bonds. The fourth-order valence-corrected chi connectivity index (χ4v) is 1.04. The van der Waals surface area contributed by atoms with Crippen molar-refractivity contribution in [3.05, 3.63) is 12.2 Å². The lowest BCUT2D eigenvalue weighted by atomic mass is 10.3. The highest BCUT2D eigenvalue weighted by molar-refractivity contribution is 5.81.